The Labute approximate surface area is 127 Å². The van der Waals surface area contributed by atoms with E-state index in [9.17, 15) is 9.90 Å². The van der Waals surface area contributed by atoms with E-state index in [-0.39, 0.29) is 17.6 Å². The Bertz CT molecular complexity index is 816. The molecule has 0 aliphatic heterocycles. The second-order valence-electron chi connectivity index (χ2n) is 5.31. The summed E-state index contributed by atoms with van der Waals surface area (Å²) in [5, 5.41) is 9.97. The minimum atomic E-state index is -1.13. The van der Waals surface area contributed by atoms with Crippen molar-refractivity contribution in [3.05, 3.63) is 54.3 Å². The van der Waals surface area contributed by atoms with E-state index in [1.165, 1.54) is 0 Å². The Morgan fingerprint density at radius 3 is 2.45 bits per heavy atom. The van der Waals surface area contributed by atoms with Gasteiger partial charge in [-0.1, -0.05) is 36.4 Å². The van der Waals surface area contributed by atoms with E-state index >= 15 is 0 Å². The minimum Gasteiger partial charge on any atom is -0.486 e. The molecule has 2 aromatic carbocycles. The van der Waals surface area contributed by atoms with E-state index in [1.807, 2.05) is 56.3 Å². The molecule has 0 radical (unpaired) electrons. The molecule has 0 amide bonds. The molecule has 0 aliphatic rings. The predicted molar refractivity (Wildman–Crippen MR) is 84.4 cm³/mol. The van der Waals surface area contributed by atoms with Crippen molar-refractivity contribution >= 4 is 16.9 Å². The van der Waals surface area contributed by atoms with Crippen molar-refractivity contribution in [3.8, 4) is 16.9 Å². The summed E-state index contributed by atoms with van der Waals surface area (Å²) >= 11 is 0. The molecule has 1 N–H and O–H groups in total. The van der Waals surface area contributed by atoms with Crippen molar-refractivity contribution in [1.29, 1.82) is 0 Å². The second kappa shape index (κ2) is 5.56. The zero-order valence-electron chi connectivity index (χ0n) is 12.4. The first kappa shape index (κ1) is 14.2. The maximum atomic E-state index is 11.4. The number of furan rings is 1. The van der Waals surface area contributed by atoms with Crippen LogP contribution in [0.5, 0.6) is 5.75 Å². The molecule has 0 fully saturated rings. The van der Waals surface area contributed by atoms with Crippen LogP contribution >= 0.6 is 0 Å². The number of carboxylic acid groups (broad SMARTS) is 1. The van der Waals surface area contributed by atoms with Crippen LogP contribution in [0.2, 0.25) is 0 Å². The van der Waals surface area contributed by atoms with Gasteiger partial charge >= 0.3 is 5.97 Å². The van der Waals surface area contributed by atoms with E-state index < -0.39 is 5.97 Å². The third-order valence-corrected chi connectivity index (χ3v) is 3.30. The van der Waals surface area contributed by atoms with Gasteiger partial charge in [-0.05, 0) is 37.1 Å². The summed E-state index contributed by atoms with van der Waals surface area (Å²) in [4.78, 5) is 11.4. The van der Waals surface area contributed by atoms with Gasteiger partial charge < -0.3 is 14.3 Å². The van der Waals surface area contributed by atoms with Gasteiger partial charge in [-0.3, -0.25) is 0 Å². The highest BCUT2D eigenvalue weighted by Gasteiger charge is 2.22. The average Bonchev–Trinajstić information content (AvgIpc) is 2.86. The van der Waals surface area contributed by atoms with Gasteiger partial charge in [0.2, 0.25) is 0 Å². The zero-order chi connectivity index (χ0) is 15.7. The fourth-order valence-electron chi connectivity index (χ4n) is 2.38. The van der Waals surface area contributed by atoms with Crippen molar-refractivity contribution in [2.24, 2.45) is 0 Å². The molecular weight excluding hydrogens is 280 g/mol. The van der Waals surface area contributed by atoms with E-state index in [4.69, 9.17) is 9.15 Å². The molecular formula is C18H16O4. The van der Waals surface area contributed by atoms with Gasteiger partial charge in [-0.25, -0.2) is 4.79 Å². The molecule has 4 heteroatoms. The number of hydrogen-bond acceptors (Lipinski definition) is 3. The summed E-state index contributed by atoms with van der Waals surface area (Å²) in [5.41, 5.74) is 2.55. The van der Waals surface area contributed by atoms with E-state index in [1.54, 1.807) is 6.07 Å². The van der Waals surface area contributed by atoms with Crippen molar-refractivity contribution in [1.82, 2.24) is 0 Å². The summed E-state index contributed by atoms with van der Waals surface area (Å²) in [6.45, 7) is 3.71. The summed E-state index contributed by atoms with van der Waals surface area (Å²) in [7, 11) is 0. The summed E-state index contributed by atoms with van der Waals surface area (Å²) < 4.78 is 11.1. The Kier molecular flexibility index (Phi) is 3.59. The first-order valence-corrected chi connectivity index (χ1v) is 7.08. The maximum Gasteiger partial charge on any atom is 0.375 e. The first-order valence-electron chi connectivity index (χ1n) is 7.08. The summed E-state index contributed by atoms with van der Waals surface area (Å²) in [5.74, 6) is -1.00. The SMILES string of the molecule is CC(C)Oc1c(C(=O)O)oc2ccc(-c3ccccc3)cc12. The van der Waals surface area contributed by atoms with Crippen molar-refractivity contribution in [2.75, 3.05) is 0 Å². The van der Waals surface area contributed by atoms with Crippen LogP contribution in [0.15, 0.2) is 52.9 Å². The Balaban J connectivity index is 2.20. The maximum absolute atomic E-state index is 11.4. The number of carbonyl (C=O) groups is 1. The average molecular weight is 296 g/mol. The number of fused-ring (bicyclic) bond motifs is 1. The molecule has 22 heavy (non-hydrogen) atoms. The van der Waals surface area contributed by atoms with Crippen LogP contribution in [-0.4, -0.2) is 17.2 Å². The molecule has 0 atom stereocenters. The van der Waals surface area contributed by atoms with Crippen molar-refractivity contribution in [3.63, 3.8) is 0 Å². The van der Waals surface area contributed by atoms with Gasteiger partial charge in [0.25, 0.3) is 5.76 Å². The number of carboxylic acids is 1. The van der Waals surface area contributed by atoms with Crippen LogP contribution < -0.4 is 4.74 Å². The third kappa shape index (κ3) is 2.55. The standard InChI is InChI=1S/C18H16O4/c1-11(2)21-16-14-10-13(12-6-4-3-5-7-12)8-9-15(14)22-17(16)18(19)20/h3-11H,1-2H3,(H,19,20). The van der Waals surface area contributed by atoms with Crippen LogP contribution in [0, 0.1) is 0 Å². The number of hydrogen-bond donors (Lipinski definition) is 1. The van der Waals surface area contributed by atoms with Gasteiger partial charge in [0.05, 0.1) is 11.5 Å². The Hall–Kier alpha value is -2.75. The lowest BCUT2D eigenvalue weighted by Crippen LogP contribution is -2.08. The predicted octanol–water partition coefficient (Wildman–Crippen LogP) is 4.59. The van der Waals surface area contributed by atoms with Crippen LogP contribution in [0.3, 0.4) is 0 Å². The molecule has 0 aliphatic carbocycles. The quantitative estimate of drug-likeness (QED) is 0.765. The number of rotatable bonds is 4. The molecule has 0 unspecified atom stereocenters. The van der Waals surface area contributed by atoms with Crippen LogP contribution in [0.4, 0.5) is 0 Å². The lowest BCUT2D eigenvalue weighted by atomic mass is 10.0. The minimum absolute atomic E-state index is 0.140. The van der Waals surface area contributed by atoms with Crippen molar-refractivity contribution in [2.45, 2.75) is 20.0 Å². The normalized spacial score (nSPS) is 11.0. The molecule has 1 heterocycles. The van der Waals surface area contributed by atoms with Crippen LogP contribution in [0.25, 0.3) is 22.1 Å². The second-order valence-corrected chi connectivity index (χ2v) is 5.31. The third-order valence-electron chi connectivity index (χ3n) is 3.30. The molecule has 1 aromatic heterocycles. The first-order chi connectivity index (χ1) is 10.6. The molecule has 3 rings (SSSR count). The molecule has 4 nitrogen and oxygen atoms in total. The van der Waals surface area contributed by atoms with Gasteiger partial charge in [0.1, 0.15) is 5.58 Å². The summed E-state index contributed by atoms with van der Waals surface area (Å²) in [6, 6.07) is 15.5. The molecule has 0 spiro atoms. The van der Waals surface area contributed by atoms with E-state index in [0.29, 0.717) is 11.0 Å². The highest BCUT2D eigenvalue weighted by Crippen LogP contribution is 2.36. The Morgan fingerprint density at radius 2 is 1.82 bits per heavy atom. The van der Waals surface area contributed by atoms with Crippen molar-refractivity contribution < 1.29 is 19.1 Å². The molecule has 0 bridgehead atoms. The highest BCUT2D eigenvalue weighted by atomic mass is 16.5. The molecule has 112 valence electrons. The number of aromatic carboxylic acids is 1. The van der Waals surface area contributed by atoms with Gasteiger partial charge in [0, 0.05) is 0 Å². The zero-order valence-corrected chi connectivity index (χ0v) is 12.4. The number of benzene rings is 2. The van der Waals surface area contributed by atoms with E-state index in [2.05, 4.69) is 0 Å². The van der Waals surface area contributed by atoms with Crippen LogP contribution in [-0.2, 0) is 0 Å². The van der Waals surface area contributed by atoms with Gasteiger partial charge in [-0.15, -0.1) is 0 Å². The van der Waals surface area contributed by atoms with Gasteiger partial charge in [0.15, 0.2) is 5.75 Å². The fraction of sp³-hybridized carbons (Fsp3) is 0.167. The van der Waals surface area contributed by atoms with Crippen LogP contribution in [0.1, 0.15) is 24.4 Å². The molecule has 0 saturated carbocycles. The fourth-order valence-corrected chi connectivity index (χ4v) is 2.38. The highest BCUT2D eigenvalue weighted by molar-refractivity contribution is 5.99. The summed E-state index contributed by atoms with van der Waals surface area (Å²) in [6.07, 6.45) is -0.140. The molecule has 0 saturated heterocycles. The van der Waals surface area contributed by atoms with Gasteiger partial charge in [-0.2, -0.15) is 0 Å². The smallest absolute Gasteiger partial charge is 0.375 e. The lowest BCUT2D eigenvalue weighted by molar-refractivity contribution is 0.0656. The topological polar surface area (TPSA) is 59.7 Å². The monoisotopic (exact) mass is 296 g/mol. The molecule has 3 aromatic rings. The van der Waals surface area contributed by atoms with E-state index in [0.717, 1.165) is 11.1 Å². The number of ether oxygens (including phenoxy) is 1. The Morgan fingerprint density at radius 1 is 1.09 bits per heavy atom. The lowest BCUT2D eigenvalue weighted by Gasteiger charge is -2.09. The largest absolute Gasteiger partial charge is 0.486 e.